The van der Waals surface area contributed by atoms with E-state index in [1.807, 2.05) is 61.5 Å². The number of benzene rings is 2. The van der Waals surface area contributed by atoms with Crippen LogP contribution >= 0.6 is 0 Å². The minimum Gasteiger partial charge on any atom is -0.457 e. The van der Waals surface area contributed by atoms with E-state index in [2.05, 4.69) is 15.6 Å². The molecular weight excluding hydrogens is 314 g/mol. The fourth-order valence-corrected chi connectivity index (χ4v) is 2.27. The van der Waals surface area contributed by atoms with Crippen molar-refractivity contribution in [2.75, 3.05) is 5.32 Å². The molecule has 5 heteroatoms. The molecule has 1 heterocycles. The summed E-state index contributed by atoms with van der Waals surface area (Å²) in [5, 5.41) is 5.54. The molecule has 3 aromatic rings. The number of urea groups is 1. The topological polar surface area (TPSA) is 63.2 Å². The lowest BCUT2D eigenvalue weighted by Crippen LogP contribution is -2.28. The predicted molar refractivity (Wildman–Crippen MR) is 97.8 cm³/mol. The minimum atomic E-state index is -0.280. The van der Waals surface area contributed by atoms with Crippen molar-refractivity contribution in [1.29, 1.82) is 0 Å². The van der Waals surface area contributed by atoms with Gasteiger partial charge in [0.15, 0.2) is 0 Å². The van der Waals surface area contributed by atoms with Crippen LogP contribution in [0.15, 0.2) is 72.9 Å². The molecule has 0 radical (unpaired) electrons. The van der Waals surface area contributed by atoms with Crippen LogP contribution < -0.4 is 15.4 Å². The van der Waals surface area contributed by atoms with E-state index >= 15 is 0 Å². The van der Waals surface area contributed by atoms with Gasteiger partial charge in [-0.2, -0.15) is 0 Å². The van der Waals surface area contributed by atoms with Crippen molar-refractivity contribution in [3.05, 3.63) is 84.2 Å². The summed E-state index contributed by atoms with van der Waals surface area (Å²) >= 11 is 0. The Morgan fingerprint density at radius 3 is 2.56 bits per heavy atom. The predicted octanol–water partition coefficient (Wildman–Crippen LogP) is 4.50. The average molecular weight is 333 g/mol. The number of hydrogen-bond donors (Lipinski definition) is 2. The molecule has 0 atom stereocenters. The highest BCUT2D eigenvalue weighted by Gasteiger charge is 2.03. The number of pyridine rings is 1. The van der Waals surface area contributed by atoms with Crippen LogP contribution in [0.3, 0.4) is 0 Å². The summed E-state index contributed by atoms with van der Waals surface area (Å²) < 4.78 is 5.79. The van der Waals surface area contributed by atoms with Gasteiger partial charge in [0.25, 0.3) is 0 Å². The molecule has 126 valence electrons. The van der Waals surface area contributed by atoms with Crippen LogP contribution in [-0.4, -0.2) is 11.0 Å². The molecule has 0 saturated carbocycles. The summed E-state index contributed by atoms with van der Waals surface area (Å²) in [6, 6.07) is 20.4. The molecule has 2 N–H and O–H groups in total. The lowest BCUT2D eigenvalue weighted by atomic mass is 10.2. The highest BCUT2D eigenvalue weighted by Crippen LogP contribution is 2.23. The zero-order valence-corrected chi connectivity index (χ0v) is 13.9. The fraction of sp³-hybridized carbons (Fsp3) is 0.100. The normalized spacial score (nSPS) is 10.1. The quantitative estimate of drug-likeness (QED) is 0.722. The molecule has 2 amide bonds. The second-order valence-electron chi connectivity index (χ2n) is 5.57. The van der Waals surface area contributed by atoms with Crippen molar-refractivity contribution in [2.24, 2.45) is 0 Å². The van der Waals surface area contributed by atoms with Crippen LogP contribution in [0.5, 0.6) is 11.5 Å². The molecule has 0 unspecified atom stereocenters. The first-order valence-electron chi connectivity index (χ1n) is 7.98. The minimum absolute atomic E-state index is 0.280. The molecule has 0 bridgehead atoms. The average Bonchev–Trinajstić information content (AvgIpc) is 2.63. The molecule has 0 aliphatic heterocycles. The maximum Gasteiger partial charge on any atom is 0.319 e. The van der Waals surface area contributed by atoms with Gasteiger partial charge >= 0.3 is 6.03 Å². The van der Waals surface area contributed by atoms with Gasteiger partial charge in [-0.25, -0.2) is 4.79 Å². The molecule has 3 rings (SSSR count). The van der Waals surface area contributed by atoms with Gasteiger partial charge in [-0.1, -0.05) is 18.2 Å². The largest absolute Gasteiger partial charge is 0.457 e. The lowest BCUT2D eigenvalue weighted by molar-refractivity contribution is 0.251. The van der Waals surface area contributed by atoms with Gasteiger partial charge in [-0.15, -0.1) is 0 Å². The van der Waals surface area contributed by atoms with Gasteiger partial charge in [0.05, 0.1) is 12.2 Å². The SMILES string of the molecule is Cc1cccc(Oc2ccc(NC(=O)NCc3ccccn3)cc2)c1. The number of nitrogens with one attached hydrogen (secondary N) is 2. The molecule has 0 spiro atoms. The fourth-order valence-electron chi connectivity index (χ4n) is 2.27. The number of anilines is 1. The maximum atomic E-state index is 11.9. The van der Waals surface area contributed by atoms with E-state index in [9.17, 15) is 4.79 Å². The first-order valence-corrected chi connectivity index (χ1v) is 7.98. The third-order valence-electron chi connectivity index (χ3n) is 3.49. The molecule has 1 aromatic heterocycles. The summed E-state index contributed by atoms with van der Waals surface area (Å²) in [7, 11) is 0. The Hall–Kier alpha value is -3.34. The van der Waals surface area contributed by atoms with Crippen LogP contribution in [0.1, 0.15) is 11.3 Å². The van der Waals surface area contributed by atoms with Crippen LogP contribution in [0.25, 0.3) is 0 Å². The number of aromatic nitrogens is 1. The summed E-state index contributed by atoms with van der Waals surface area (Å²) in [5.74, 6) is 1.50. The van der Waals surface area contributed by atoms with Crippen LogP contribution in [0.2, 0.25) is 0 Å². The standard InChI is InChI=1S/C20H19N3O2/c1-15-5-4-7-19(13-15)25-18-10-8-16(9-11-18)23-20(24)22-14-17-6-2-3-12-21-17/h2-13H,14H2,1H3,(H2,22,23,24). The second-order valence-corrected chi connectivity index (χ2v) is 5.57. The smallest absolute Gasteiger partial charge is 0.319 e. The van der Waals surface area contributed by atoms with Crippen LogP contribution in [0.4, 0.5) is 10.5 Å². The van der Waals surface area contributed by atoms with Crippen molar-refractivity contribution in [3.8, 4) is 11.5 Å². The third-order valence-corrected chi connectivity index (χ3v) is 3.49. The summed E-state index contributed by atoms with van der Waals surface area (Å²) in [6.07, 6.45) is 1.70. The van der Waals surface area contributed by atoms with Crippen molar-refractivity contribution >= 4 is 11.7 Å². The van der Waals surface area contributed by atoms with Crippen molar-refractivity contribution in [3.63, 3.8) is 0 Å². The second kappa shape index (κ2) is 7.97. The van der Waals surface area contributed by atoms with E-state index < -0.39 is 0 Å². The zero-order valence-electron chi connectivity index (χ0n) is 13.9. The van der Waals surface area contributed by atoms with E-state index in [1.165, 1.54) is 0 Å². The Labute approximate surface area is 146 Å². The van der Waals surface area contributed by atoms with Gasteiger partial charge in [-0.05, 0) is 61.0 Å². The Bertz CT molecular complexity index is 833. The zero-order chi connectivity index (χ0) is 17.5. The monoisotopic (exact) mass is 333 g/mol. The first-order chi connectivity index (χ1) is 12.2. The van der Waals surface area contributed by atoms with Crippen molar-refractivity contribution < 1.29 is 9.53 Å². The Kier molecular flexibility index (Phi) is 5.26. The number of amides is 2. The molecule has 0 fully saturated rings. The van der Waals surface area contributed by atoms with Crippen molar-refractivity contribution in [2.45, 2.75) is 13.5 Å². The van der Waals surface area contributed by atoms with E-state index in [0.29, 0.717) is 18.0 Å². The lowest BCUT2D eigenvalue weighted by Gasteiger charge is -2.09. The third kappa shape index (κ3) is 5.07. The van der Waals surface area contributed by atoms with Gasteiger partial charge in [0.1, 0.15) is 11.5 Å². The van der Waals surface area contributed by atoms with E-state index in [-0.39, 0.29) is 6.03 Å². The van der Waals surface area contributed by atoms with Gasteiger partial charge in [0.2, 0.25) is 0 Å². The van der Waals surface area contributed by atoms with Gasteiger partial charge in [-0.3, -0.25) is 4.98 Å². The number of nitrogens with zero attached hydrogens (tertiary/aromatic N) is 1. The Morgan fingerprint density at radius 1 is 1.00 bits per heavy atom. The molecule has 2 aromatic carbocycles. The summed E-state index contributed by atoms with van der Waals surface area (Å²) in [6.45, 7) is 2.39. The Balaban J connectivity index is 1.52. The maximum absolute atomic E-state index is 11.9. The van der Waals surface area contributed by atoms with E-state index in [1.54, 1.807) is 18.3 Å². The Morgan fingerprint density at radius 2 is 1.84 bits per heavy atom. The van der Waals surface area contributed by atoms with Crippen molar-refractivity contribution in [1.82, 2.24) is 10.3 Å². The molecule has 0 saturated heterocycles. The molecule has 25 heavy (non-hydrogen) atoms. The summed E-state index contributed by atoms with van der Waals surface area (Å²) in [4.78, 5) is 16.1. The number of carbonyl (C=O) groups excluding carboxylic acids is 1. The van der Waals surface area contributed by atoms with Crippen LogP contribution in [0, 0.1) is 6.92 Å². The van der Waals surface area contributed by atoms with Crippen LogP contribution in [-0.2, 0) is 6.54 Å². The molecule has 0 aliphatic carbocycles. The van der Waals surface area contributed by atoms with E-state index in [0.717, 1.165) is 17.0 Å². The number of hydrogen-bond acceptors (Lipinski definition) is 3. The summed E-state index contributed by atoms with van der Waals surface area (Å²) in [5.41, 5.74) is 2.63. The number of carbonyl (C=O) groups is 1. The van der Waals surface area contributed by atoms with E-state index in [4.69, 9.17) is 4.74 Å². The number of ether oxygens (including phenoxy) is 1. The number of rotatable bonds is 5. The molecular formula is C20H19N3O2. The first kappa shape index (κ1) is 16.5. The van der Waals surface area contributed by atoms with Gasteiger partial charge < -0.3 is 15.4 Å². The number of aryl methyl sites for hydroxylation is 1. The molecule has 0 aliphatic rings. The highest BCUT2D eigenvalue weighted by atomic mass is 16.5. The van der Waals surface area contributed by atoms with Gasteiger partial charge in [0, 0.05) is 11.9 Å². The highest BCUT2D eigenvalue weighted by molar-refractivity contribution is 5.89. The molecule has 5 nitrogen and oxygen atoms in total.